The van der Waals surface area contributed by atoms with Crippen LogP contribution in [0.3, 0.4) is 0 Å². The molecule has 0 unspecified atom stereocenters. The maximum absolute atomic E-state index is 10.9. The molecule has 0 atom stereocenters. The lowest BCUT2D eigenvalue weighted by Crippen LogP contribution is -2.83. The number of amides is 1. The lowest BCUT2D eigenvalue weighted by molar-refractivity contribution is -0.511. The number of carbonyl (C=O) groups excluding carboxylic acids is 1. The van der Waals surface area contributed by atoms with E-state index in [2.05, 4.69) is 7.05 Å². The third-order valence-electron chi connectivity index (χ3n) is 1.59. The summed E-state index contributed by atoms with van der Waals surface area (Å²) in [7, 11) is 3.43. The maximum Gasteiger partial charge on any atom is 0.287 e. The number of carbonyl (C=O) groups is 1. The first-order valence-corrected chi connectivity index (χ1v) is 3.42. The lowest BCUT2D eigenvalue weighted by atomic mass is 10.0. The molecule has 0 aromatic heterocycles. The molecule has 0 aliphatic rings. The van der Waals surface area contributed by atoms with Gasteiger partial charge < -0.3 is 5.32 Å². The van der Waals surface area contributed by atoms with E-state index in [1.807, 2.05) is 13.8 Å². The van der Waals surface area contributed by atoms with Crippen molar-refractivity contribution < 1.29 is 10.1 Å². The second kappa shape index (κ2) is 4.50. The van der Waals surface area contributed by atoms with Crippen LogP contribution >= 0.6 is 0 Å². The standard InChI is InChI=1S/C7H15NO/c1-4-6(5-2)7(9)8-3/h6H,3-5,8H2,1-2H3. The van der Waals surface area contributed by atoms with Crippen LogP contribution in [0, 0.1) is 13.0 Å². The Labute approximate surface area is 56.6 Å². The summed E-state index contributed by atoms with van der Waals surface area (Å²) in [5, 5.41) is 1.41. The van der Waals surface area contributed by atoms with E-state index in [9.17, 15) is 4.79 Å². The van der Waals surface area contributed by atoms with E-state index in [1.54, 1.807) is 0 Å². The molecule has 0 spiro atoms. The highest BCUT2D eigenvalue weighted by atomic mass is 16.1. The van der Waals surface area contributed by atoms with E-state index in [4.69, 9.17) is 0 Å². The molecule has 0 fully saturated rings. The fourth-order valence-electron chi connectivity index (χ4n) is 0.858. The van der Waals surface area contributed by atoms with Gasteiger partial charge in [0.25, 0.3) is 5.91 Å². The van der Waals surface area contributed by atoms with Gasteiger partial charge in [0.05, 0.1) is 5.92 Å². The second-order valence-corrected chi connectivity index (χ2v) is 2.12. The van der Waals surface area contributed by atoms with Crippen molar-refractivity contribution in [3.05, 3.63) is 7.05 Å². The lowest BCUT2D eigenvalue weighted by Gasteiger charge is -2.07. The molecule has 1 amide bonds. The summed E-state index contributed by atoms with van der Waals surface area (Å²) in [6.45, 7) is 4.05. The van der Waals surface area contributed by atoms with E-state index < -0.39 is 0 Å². The van der Waals surface area contributed by atoms with Crippen molar-refractivity contribution >= 4 is 5.91 Å². The van der Waals surface area contributed by atoms with Crippen LogP contribution in [0.15, 0.2) is 0 Å². The SMILES string of the molecule is [CH2-][NH2+]C(=O)C(CC)CC. The minimum absolute atomic E-state index is 0.181. The molecule has 0 aliphatic heterocycles. The first kappa shape index (κ1) is 8.63. The van der Waals surface area contributed by atoms with Crippen LogP contribution in [0.2, 0.25) is 0 Å². The van der Waals surface area contributed by atoms with E-state index in [0.29, 0.717) is 0 Å². The van der Waals surface area contributed by atoms with Gasteiger partial charge in [0.2, 0.25) is 0 Å². The summed E-state index contributed by atoms with van der Waals surface area (Å²) in [4.78, 5) is 10.9. The van der Waals surface area contributed by atoms with Crippen molar-refractivity contribution in [2.24, 2.45) is 5.92 Å². The molecule has 0 saturated heterocycles. The minimum atomic E-state index is 0.181. The predicted molar refractivity (Wildman–Crippen MR) is 36.4 cm³/mol. The number of hydrogen-bond donors (Lipinski definition) is 1. The van der Waals surface area contributed by atoms with Gasteiger partial charge in [-0.05, 0) is 12.8 Å². The summed E-state index contributed by atoms with van der Waals surface area (Å²) < 4.78 is 0. The topological polar surface area (TPSA) is 33.7 Å². The molecular formula is C7H15NO. The van der Waals surface area contributed by atoms with E-state index in [0.717, 1.165) is 12.8 Å². The molecule has 0 radical (unpaired) electrons. The number of quaternary nitrogens is 1. The monoisotopic (exact) mass is 129 g/mol. The molecule has 0 aromatic carbocycles. The van der Waals surface area contributed by atoms with Gasteiger partial charge in [0.1, 0.15) is 0 Å². The van der Waals surface area contributed by atoms with Crippen LogP contribution < -0.4 is 5.32 Å². The smallest absolute Gasteiger partial charge is 0.287 e. The van der Waals surface area contributed by atoms with Gasteiger partial charge in [-0.15, -0.1) is 7.05 Å². The van der Waals surface area contributed by atoms with Crippen molar-refractivity contribution in [1.82, 2.24) is 0 Å². The van der Waals surface area contributed by atoms with Gasteiger partial charge in [-0.1, -0.05) is 13.8 Å². The zero-order valence-corrected chi connectivity index (χ0v) is 6.18. The Morgan fingerprint density at radius 2 is 2.00 bits per heavy atom. The molecule has 2 heteroatoms. The molecular weight excluding hydrogens is 114 g/mol. The number of rotatable bonds is 3. The quantitative estimate of drug-likeness (QED) is 0.546. The summed E-state index contributed by atoms with van der Waals surface area (Å²) in [5.41, 5.74) is 0. The highest BCUT2D eigenvalue weighted by molar-refractivity contribution is 5.68. The third-order valence-corrected chi connectivity index (χ3v) is 1.59. The third kappa shape index (κ3) is 2.61. The molecule has 54 valence electrons. The molecule has 0 aromatic rings. The molecule has 2 nitrogen and oxygen atoms in total. The predicted octanol–water partition coefficient (Wildman–Crippen LogP) is 0.304. The molecule has 0 rings (SSSR count). The van der Waals surface area contributed by atoms with E-state index >= 15 is 0 Å². The minimum Gasteiger partial charge on any atom is -0.415 e. The largest absolute Gasteiger partial charge is 0.415 e. The Kier molecular flexibility index (Phi) is 4.32. The molecule has 9 heavy (non-hydrogen) atoms. The van der Waals surface area contributed by atoms with Crippen LogP contribution in [-0.2, 0) is 4.79 Å². The Hall–Kier alpha value is -0.370. The Balaban J connectivity index is 3.64. The molecule has 0 aliphatic carbocycles. The average Bonchev–Trinajstić information content (AvgIpc) is 1.90. The van der Waals surface area contributed by atoms with Crippen molar-refractivity contribution in [1.29, 1.82) is 0 Å². The van der Waals surface area contributed by atoms with E-state index in [1.165, 1.54) is 5.32 Å². The molecule has 2 N–H and O–H groups in total. The average molecular weight is 129 g/mol. The summed E-state index contributed by atoms with van der Waals surface area (Å²) in [6.07, 6.45) is 1.86. The summed E-state index contributed by atoms with van der Waals surface area (Å²) >= 11 is 0. The van der Waals surface area contributed by atoms with Crippen LogP contribution in [0.5, 0.6) is 0 Å². The zero-order valence-electron chi connectivity index (χ0n) is 6.18. The number of nitrogens with two attached hydrogens (primary N) is 1. The first-order chi connectivity index (χ1) is 4.26. The van der Waals surface area contributed by atoms with Gasteiger partial charge in [-0.2, -0.15) is 0 Å². The molecule has 0 heterocycles. The van der Waals surface area contributed by atoms with Crippen LogP contribution in [0.4, 0.5) is 0 Å². The first-order valence-electron chi connectivity index (χ1n) is 3.42. The fraction of sp³-hybridized carbons (Fsp3) is 0.714. The highest BCUT2D eigenvalue weighted by Gasteiger charge is 2.12. The summed E-state index contributed by atoms with van der Waals surface area (Å²) in [5.74, 6) is 0.391. The Bertz CT molecular complexity index is 86.9. The fourth-order valence-corrected chi connectivity index (χ4v) is 0.858. The van der Waals surface area contributed by atoms with Crippen molar-refractivity contribution in [2.45, 2.75) is 26.7 Å². The van der Waals surface area contributed by atoms with Crippen LogP contribution in [0.25, 0.3) is 0 Å². The van der Waals surface area contributed by atoms with Gasteiger partial charge in [0.15, 0.2) is 0 Å². The highest BCUT2D eigenvalue weighted by Crippen LogP contribution is 2.03. The van der Waals surface area contributed by atoms with E-state index in [-0.39, 0.29) is 11.8 Å². The normalized spacial score (nSPS) is 10.2. The maximum atomic E-state index is 10.9. The van der Waals surface area contributed by atoms with Crippen molar-refractivity contribution in [3.63, 3.8) is 0 Å². The van der Waals surface area contributed by atoms with Crippen molar-refractivity contribution in [2.75, 3.05) is 0 Å². The number of primary amides is 1. The zero-order chi connectivity index (χ0) is 7.28. The summed E-state index contributed by atoms with van der Waals surface area (Å²) in [6, 6.07) is 0. The van der Waals surface area contributed by atoms with Gasteiger partial charge in [-0.3, -0.25) is 0 Å². The van der Waals surface area contributed by atoms with Gasteiger partial charge in [0, 0.05) is 0 Å². The Morgan fingerprint density at radius 3 is 2.11 bits per heavy atom. The van der Waals surface area contributed by atoms with Crippen LogP contribution in [0.1, 0.15) is 26.7 Å². The van der Waals surface area contributed by atoms with Crippen LogP contribution in [-0.4, -0.2) is 5.91 Å². The molecule has 0 saturated carbocycles. The number of hydrogen-bond acceptors (Lipinski definition) is 1. The molecule has 0 bridgehead atoms. The van der Waals surface area contributed by atoms with Gasteiger partial charge >= 0.3 is 0 Å². The van der Waals surface area contributed by atoms with Gasteiger partial charge in [-0.25, -0.2) is 4.79 Å². The second-order valence-electron chi connectivity index (χ2n) is 2.12. The Morgan fingerprint density at radius 1 is 1.56 bits per heavy atom. The van der Waals surface area contributed by atoms with Crippen molar-refractivity contribution in [3.8, 4) is 0 Å².